The molecule has 1 unspecified atom stereocenters. The van der Waals surface area contributed by atoms with E-state index in [4.69, 9.17) is 0 Å². The third-order valence-corrected chi connectivity index (χ3v) is 3.75. The molecule has 2 rings (SSSR count). The number of rotatable bonds is 2. The molecule has 19 heavy (non-hydrogen) atoms. The first-order chi connectivity index (χ1) is 8.80. The van der Waals surface area contributed by atoms with Gasteiger partial charge >= 0.3 is 0 Å². The van der Waals surface area contributed by atoms with Gasteiger partial charge in [0.2, 0.25) is 0 Å². The van der Waals surface area contributed by atoms with E-state index in [-0.39, 0.29) is 11.2 Å². The minimum Gasteiger partial charge on any atom is -0.383 e. The van der Waals surface area contributed by atoms with Crippen molar-refractivity contribution in [3.05, 3.63) is 45.7 Å². The lowest BCUT2D eigenvalue weighted by molar-refractivity contribution is 0.221. The Balaban J connectivity index is 2.42. The number of aromatic nitrogens is 2. The van der Waals surface area contributed by atoms with E-state index in [9.17, 15) is 9.50 Å². The number of aliphatic hydroxyl groups is 1. The van der Waals surface area contributed by atoms with Crippen molar-refractivity contribution in [2.45, 2.75) is 39.2 Å². The molecule has 102 valence electrons. The van der Waals surface area contributed by atoms with Gasteiger partial charge < -0.3 is 5.11 Å². The van der Waals surface area contributed by atoms with Crippen LogP contribution in [0.15, 0.2) is 18.2 Å². The average molecular weight is 280 g/mol. The van der Waals surface area contributed by atoms with Gasteiger partial charge in [0.25, 0.3) is 0 Å². The van der Waals surface area contributed by atoms with E-state index in [1.54, 1.807) is 19.1 Å². The Labute approximate surface area is 116 Å². The average Bonchev–Trinajstić information content (AvgIpc) is 2.80. The van der Waals surface area contributed by atoms with Crippen LogP contribution in [0.2, 0.25) is 0 Å². The van der Waals surface area contributed by atoms with Crippen LogP contribution in [-0.4, -0.2) is 14.7 Å². The van der Waals surface area contributed by atoms with Gasteiger partial charge in [-0.1, -0.05) is 37.4 Å². The van der Waals surface area contributed by atoms with Crippen molar-refractivity contribution in [3.63, 3.8) is 0 Å². The van der Waals surface area contributed by atoms with Gasteiger partial charge in [-0.25, -0.2) is 4.39 Å². The van der Waals surface area contributed by atoms with Crippen LogP contribution in [0.4, 0.5) is 4.39 Å². The van der Waals surface area contributed by atoms with E-state index in [2.05, 4.69) is 9.59 Å². The van der Waals surface area contributed by atoms with Crippen LogP contribution >= 0.6 is 11.5 Å². The Bertz CT molecular complexity index is 589. The van der Waals surface area contributed by atoms with Crippen molar-refractivity contribution < 1.29 is 9.50 Å². The molecule has 3 nitrogen and oxygen atoms in total. The maximum atomic E-state index is 13.3. The third kappa shape index (κ3) is 2.82. The zero-order chi connectivity index (χ0) is 14.2. The first-order valence-corrected chi connectivity index (χ1v) is 6.85. The first-order valence-electron chi connectivity index (χ1n) is 6.07. The van der Waals surface area contributed by atoms with Crippen molar-refractivity contribution in [1.29, 1.82) is 0 Å². The summed E-state index contributed by atoms with van der Waals surface area (Å²) in [6.07, 6.45) is -0.812. The molecule has 0 bridgehead atoms. The minimum atomic E-state index is -0.812. The molecule has 1 atom stereocenters. The van der Waals surface area contributed by atoms with Gasteiger partial charge in [0, 0.05) is 5.41 Å². The lowest BCUT2D eigenvalue weighted by atomic mass is 9.89. The molecule has 0 fully saturated rings. The number of nitrogens with zero attached hydrogens (tertiary/aromatic N) is 2. The summed E-state index contributed by atoms with van der Waals surface area (Å²) >= 11 is 1.18. The molecular weight excluding hydrogens is 263 g/mol. The van der Waals surface area contributed by atoms with E-state index in [1.807, 2.05) is 20.8 Å². The maximum Gasteiger partial charge on any atom is 0.126 e. The molecule has 0 radical (unpaired) electrons. The standard InChI is InChI=1S/C14H17FN2OS/c1-8-7-9(5-6-10(8)15)11(18)12-13(14(2,3)4)16-17-19-12/h5-7,11,18H,1-4H3. The molecule has 1 aromatic carbocycles. The van der Waals surface area contributed by atoms with Crippen molar-refractivity contribution >= 4 is 11.5 Å². The van der Waals surface area contributed by atoms with Crippen molar-refractivity contribution in [2.75, 3.05) is 0 Å². The number of benzene rings is 1. The van der Waals surface area contributed by atoms with Crippen LogP contribution in [-0.2, 0) is 5.41 Å². The molecule has 5 heteroatoms. The number of aliphatic hydroxyl groups excluding tert-OH is 1. The lowest BCUT2D eigenvalue weighted by Gasteiger charge is -2.19. The molecule has 1 N–H and O–H groups in total. The number of hydrogen-bond acceptors (Lipinski definition) is 4. The highest BCUT2D eigenvalue weighted by Gasteiger charge is 2.27. The maximum absolute atomic E-state index is 13.3. The fraction of sp³-hybridized carbons (Fsp3) is 0.429. The Morgan fingerprint density at radius 3 is 2.58 bits per heavy atom. The molecule has 0 saturated heterocycles. The largest absolute Gasteiger partial charge is 0.383 e. The predicted molar refractivity (Wildman–Crippen MR) is 73.8 cm³/mol. The number of hydrogen-bond donors (Lipinski definition) is 1. The lowest BCUT2D eigenvalue weighted by Crippen LogP contribution is -2.16. The Morgan fingerprint density at radius 2 is 2.00 bits per heavy atom. The Kier molecular flexibility index (Phi) is 3.69. The van der Waals surface area contributed by atoms with Gasteiger partial charge in [0.15, 0.2) is 0 Å². The van der Waals surface area contributed by atoms with E-state index >= 15 is 0 Å². The van der Waals surface area contributed by atoms with Crippen LogP contribution in [0.5, 0.6) is 0 Å². The second kappa shape index (κ2) is 4.98. The van der Waals surface area contributed by atoms with Crippen LogP contribution in [0, 0.1) is 12.7 Å². The summed E-state index contributed by atoms with van der Waals surface area (Å²) in [5.41, 5.74) is 1.78. The second-order valence-electron chi connectivity index (χ2n) is 5.65. The molecule has 0 spiro atoms. The third-order valence-electron chi connectivity index (χ3n) is 2.97. The molecule has 2 aromatic rings. The SMILES string of the molecule is Cc1cc(C(O)c2snnc2C(C)(C)C)ccc1F. The summed E-state index contributed by atoms with van der Waals surface area (Å²) in [5.74, 6) is -0.269. The van der Waals surface area contributed by atoms with Crippen LogP contribution < -0.4 is 0 Å². The monoisotopic (exact) mass is 280 g/mol. The molecular formula is C14H17FN2OS. The molecule has 0 aliphatic carbocycles. The summed E-state index contributed by atoms with van der Waals surface area (Å²) in [4.78, 5) is 0.721. The fourth-order valence-corrected chi connectivity index (χ4v) is 2.77. The Hall–Kier alpha value is -1.33. The molecule has 0 aliphatic heterocycles. The summed E-state index contributed by atoms with van der Waals surface area (Å²) in [6, 6.07) is 4.63. The number of aryl methyl sites for hydroxylation is 1. The van der Waals surface area contributed by atoms with Crippen molar-refractivity contribution in [1.82, 2.24) is 9.59 Å². The Morgan fingerprint density at radius 1 is 1.32 bits per heavy atom. The first kappa shape index (κ1) is 14.1. The predicted octanol–water partition coefficient (Wildman–Crippen LogP) is 3.36. The summed E-state index contributed by atoms with van der Waals surface area (Å²) in [6.45, 7) is 7.75. The molecule has 0 saturated carbocycles. The van der Waals surface area contributed by atoms with Gasteiger partial charge in [-0.15, -0.1) is 5.10 Å². The van der Waals surface area contributed by atoms with E-state index in [0.29, 0.717) is 11.1 Å². The van der Waals surface area contributed by atoms with E-state index < -0.39 is 6.10 Å². The van der Waals surface area contributed by atoms with Crippen LogP contribution in [0.3, 0.4) is 0 Å². The van der Waals surface area contributed by atoms with Gasteiger partial charge in [-0.3, -0.25) is 0 Å². The summed E-state index contributed by atoms with van der Waals surface area (Å²) in [5, 5.41) is 14.6. The normalized spacial score (nSPS) is 13.6. The van der Waals surface area contributed by atoms with E-state index in [0.717, 1.165) is 10.6 Å². The van der Waals surface area contributed by atoms with Crippen molar-refractivity contribution in [2.24, 2.45) is 0 Å². The van der Waals surface area contributed by atoms with Gasteiger partial charge in [0.05, 0.1) is 10.6 Å². The summed E-state index contributed by atoms with van der Waals surface area (Å²) < 4.78 is 17.2. The topological polar surface area (TPSA) is 46.0 Å². The van der Waals surface area contributed by atoms with Gasteiger partial charge in [0.1, 0.15) is 11.9 Å². The summed E-state index contributed by atoms with van der Waals surface area (Å²) in [7, 11) is 0. The van der Waals surface area contributed by atoms with Gasteiger partial charge in [-0.2, -0.15) is 0 Å². The van der Waals surface area contributed by atoms with Gasteiger partial charge in [-0.05, 0) is 35.6 Å². The zero-order valence-electron chi connectivity index (χ0n) is 11.4. The zero-order valence-corrected chi connectivity index (χ0v) is 12.3. The van der Waals surface area contributed by atoms with Crippen molar-refractivity contribution in [3.8, 4) is 0 Å². The fourth-order valence-electron chi connectivity index (χ4n) is 1.89. The highest BCUT2D eigenvalue weighted by atomic mass is 32.1. The second-order valence-corrected chi connectivity index (χ2v) is 6.43. The molecule has 0 aliphatic rings. The number of halogens is 1. The molecule has 1 aromatic heterocycles. The van der Waals surface area contributed by atoms with Crippen LogP contribution in [0.1, 0.15) is 48.6 Å². The minimum absolute atomic E-state index is 0.182. The smallest absolute Gasteiger partial charge is 0.126 e. The highest BCUT2D eigenvalue weighted by Crippen LogP contribution is 2.33. The van der Waals surface area contributed by atoms with E-state index in [1.165, 1.54) is 17.6 Å². The van der Waals surface area contributed by atoms with Crippen LogP contribution in [0.25, 0.3) is 0 Å². The molecule has 1 heterocycles. The quantitative estimate of drug-likeness (QED) is 0.917. The highest BCUT2D eigenvalue weighted by molar-refractivity contribution is 7.05. The molecule has 0 amide bonds.